The molecule has 1 fully saturated rings. The molecule has 1 saturated heterocycles. The summed E-state index contributed by atoms with van der Waals surface area (Å²) in [6.45, 7) is 2.52. The lowest BCUT2D eigenvalue weighted by atomic mass is 9.95. The van der Waals surface area contributed by atoms with Crippen LogP contribution < -0.4 is 5.32 Å². The van der Waals surface area contributed by atoms with Gasteiger partial charge < -0.3 is 5.32 Å². The number of rotatable bonds is 5. The molecule has 1 aliphatic heterocycles. The molecule has 0 saturated carbocycles. The Morgan fingerprint density at radius 2 is 1.92 bits per heavy atom. The first kappa shape index (κ1) is 18.1. The van der Waals surface area contributed by atoms with Crippen LogP contribution >= 0.6 is 0 Å². The molecule has 0 spiro atoms. The fraction of sp³-hybridized carbons (Fsp3) is 0.333. The zero-order chi connectivity index (χ0) is 18.4. The van der Waals surface area contributed by atoms with Gasteiger partial charge in [0, 0.05) is 24.6 Å². The van der Waals surface area contributed by atoms with Crippen molar-refractivity contribution >= 4 is 5.91 Å². The number of piperidine rings is 1. The van der Waals surface area contributed by atoms with E-state index in [4.69, 9.17) is 5.26 Å². The molecule has 2 aromatic rings. The van der Waals surface area contributed by atoms with Crippen LogP contribution in [0, 0.1) is 23.1 Å². The highest BCUT2D eigenvalue weighted by atomic mass is 19.1. The van der Waals surface area contributed by atoms with Crippen LogP contribution in [0.25, 0.3) is 0 Å². The number of halogens is 1. The third-order valence-corrected chi connectivity index (χ3v) is 4.84. The SMILES string of the molecule is N#Cc1ccc(F)c(CN2CCC(C(=O)NCc3ccccc3)CC2)c1. The van der Waals surface area contributed by atoms with Crippen LogP contribution in [0.15, 0.2) is 48.5 Å². The average molecular weight is 351 g/mol. The van der Waals surface area contributed by atoms with E-state index in [9.17, 15) is 9.18 Å². The van der Waals surface area contributed by atoms with E-state index in [2.05, 4.69) is 10.2 Å². The minimum atomic E-state index is -0.285. The number of hydrogen-bond acceptors (Lipinski definition) is 3. The van der Waals surface area contributed by atoms with E-state index >= 15 is 0 Å². The summed E-state index contributed by atoms with van der Waals surface area (Å²) in [6, 6.07) is 16.3. The Morgan fingerprint density at radius 1 is 1.19 bits per heavy atom. The van der Waals surface area contributed by atoms with Gasteiger partial charge in [-0.1, -0.05) is 30.3 Å². The average Bonchev–Trinajstić information content (AvgIpc) is 2.69. The Balaban J connectivity index is 1.48. The zero-order valence-electron chi connectivity index (χ0n) is 14.6. The zero-order valence-corrected chi connectivity index (χ0v) is 14.6. The molecular formula is C21H22FN3O. The van der Waals surface area contributed by atoms with Crippen molar-refractivity contribution in [3.63, 3.8) is 0 Å². The number of carbonyl (C=O) groups is 1. The van der Waals surface area contributed by atoms with Gasteiger partial charge in [-0.25, -0.2) is 4.39 Å². The maximum atomic E-state index is 13.9. The number of likely N-dealkylation sites (tertiary alicyclic amines) is 1. The van der Waals surface area contributed by atoms with E-state index in [-0.39, 0.29) is 17.6 Å². The Labute approximate surface area is 153 Å². The van der Waals surface area contributed by atoms with E-state index in [1.165, 1.54) is 12.1 Å². The van der Waals surface area contributed by atoms with Crippen molar-refractivity contribution in [3.8, 4) is 6.07 Å². The number of hydrogen-bond donors (Lipinski definition) is 1. The van der Waals surface area contributed by atoms with Gasteiger partial charge in [0.25, 0.3) is 0 Å². The summed E-state index contributed by atoms with van der Waals surface area (Å²) in [5, 5.41) is 12.0. The van der Waals surface area contributed by atoms with Gasteiger partial charge in [0.1, 0.15) is 5.82 Å². The molecule has 0 unspecified atom stereocenters. The quantitative estimate of drug-likeness (QED) is 0.900. The van der Waals surface area contributed by atoms with Gasteiger partial charge in [0.2, 0.25) is 5.91 Å². The summed E-state index contributed by atoms with van der Waals surface area (Å²) in [7, 11) is 0. The van der Waals surface area contributed by atoms with E-state index < -0.39 is 0 Å². The molecule has 134 valence electrons. The van der Waals surface area contributed by atoms with Crippen LogP contribution in [-0.4, -0.2) is 23.9 Å². The molecule has 0 atom stereocenters. The second-order valence-electron chi connectivity index (χ2n) is 6.67. The maximum Gasteiger partial charge on any atom is 0.223 e. The summed E-state index contributed by atoms with van der Waals surface area (Å²) in [4.78, 5) is 14.5. The van der Waals surface area contributed by atoms with Gasteiger partial charge in [-0.3, -0.25) is 9.69 Å². The summed E-state index contributed by atoms with van der Waals surface area (Å²) >= 11 is 0. The van der Waals surface area contributed by atoms with Crippen molar-refractivity contribution in [1.29, 1.82) is 5.26 Å². The Morgan fingerprint density at radius 3 is 2.62 bits per heavy atom. The van der Waals surface area contributed by atoms with Crippen LogP contribution in [0.3, 0.4) is 0 Å². The molecule has 1 N–H and O–H groups in total. The first-order chi connectivity index (χ1) is 12.7. The minimum absolute atomic E-state index is 0.00486. The van der Waals surface area contributed by atoms with Gasteiger partial charge in [-0.15, -0.1) is 0 Å². The van der Waals surface area contributed by atoms with E-state index in [0.717, 1.165) is 31.5 Å². The standard InChI is InChI=1S/C21H22FN3O/c22-20-7-6-17(13-23)12-19(20)15-25-10-8-18(9-11-25)21(26)24-14-16-4-2-1-3-5-16/h1-7,12,18H,8-11,14-15H2,(H,24,26). The van der Waals surface area contributed by atoms with Gasteiger partial charge in [-0.05, 0) is 49.7 Å². The maximum absolute atomic E-state index is 13.9. The third-order valence-electron chi connectivity index (χ3n) is 4.84. The predicted octanol–water partition coefficient (Wildman–Crippen LogP) is 3.23. The van der Waals surface area contributed by atoms with Crippen molar-refractivity contribution in [3.05, 3.63) is 71.0 Å². The molecule has 0 aromatic heterocycles. The van der Waals surface area contributed by atoms with Crippen LogP contribution in [0.2, 0.25) is 0 Å². The van der Waals surface area contributed by atoms with Gasteiger partial charge >= 0.3 is 0 Å². The normalized spacial score (nSPS) is 15.4. The fourth-order valence-electron chi connectivity index (χ4n) is 3.29. The highest BCUT2D eigenvalue weighted by molar-refractivity contribution is 5.78. The molecule has 5 heteroatoms. The van der Waals surface area contributed by atoms with Gasteiger partial charge in [0.15, 0.2) is 0 Å². The molecule has 0 bridgehead atoms. The number of nitrogens with one attached hydrogen (secondary N) is 1. The summed E-state index contributed by atoms with van der Waals surface area (Å²) < 4.78 is 13.9. The van der Waals surface area contributed by atoms with Crippen LogP contribution in [0.5, 0.6) is 0 Å². The van der Waals surface area contributed by atoms with Crippen molar-refractivity contribution in [2.75, 3.05) is 13.1 Å². The van der Waals surface area contributed by atoms with Crippen molar-refractivity contribution in [2.45, 2.75) is 25.9 Å². The molecule has 0 radical (unpaired) electrons. The second-order valence-corrected chi connectivity index (χ2v) is 6.67. The smallest absolute Gasteiger partial charge is 0.223 e. The number of nitrogens with zero attached hydrogens (tertiary/aromatic N) is 2. The molecule has 0 aliphatic carbocycles. The fourth-order valence-corrected chi connectivity index (χ4v) is 3.29. The molecule has 4 nitrogen and oxygen atoms in total. The molecule has 1 heterocycles. The highest BCUT2D eigenvalue weighted by Gasteiger charge is 2.25. The Kier molecular flexibility index (Phi) is 5.98. The van der Waals surface area contributed by atoms with Crippen LogP contribution in [-0.2, 0) is 17.9 Å². The molecular weight excluding hydrogens is 329 g/mol. The predicted molar refractivity (Wildman–Crippen MR) is 97.4 cm³/mol. The lowest BCUT2D eigenvalue weighted by molar-refractivity contribution is -0.126. The van der Waals surface area contributed by atoms with E-state index in [0.29, 0.717) is 24.2 Å². The number of amides is 1. The minimum Gasteiger partial charge on any atom is -0.352 e. The summed E-state index contributed by atoms with van der Waals surface area (Å²) in [5.41, 5.74) is 2.10. The second kappa shape index (κ2) is 8.59. The van der Waals surface area contributed by atoms with Crippen molar-refractivity contribution < 1.29 is 9.18 Å². The molecule has 3 rings (SSSR count). The Hall–Kier alpha value is -2.71. The number of benzene rings is 2. The summed E-state index contributed by atoms with van der Waals surface area (Å²) in [6.07, 6.45) is 1.53. The van der Waals surface area contributed by atoms with E-state index in [1.807, 2.05) is 36.4 Å². The largest absolute Gasteiger partial charge is 0.352 e. The molecule has 1 aliphatic rings. The number of carbonyl (C=O) groups excluding carboxylic acids is 1. The van der Waals surface area contributed by atoms with Crippen LogP contribution in [0.1, 0.15) is 29.5 Å². The monoisotopic (exact) mass is 351 g/mol. The van der Waals surface area contributed by atoms with Crippen molar-refractivity contribution in [2.24, 2.45) is 5.92 Å². The first-order valence-corrected chi connectivity index (χ1v) is 8.88. The summed E-state index contributed by atoms with van der Waals surface area (Å²) in [5.74, 6) is -0.192. The lowest BCUT2D eigenvalue weighted by Gasteiger charge is -2.31. The van der Waals surface area contributed by atoms with Crippen LogP contribution in [0.4, 0.5) is 4.39 Å². The molecule has 1 amide bonds. The number of nitriles is 1. The first-order valence-electron chi connectivity index (χ1n) is 8.88. The topological polar surface area (TPSA) is 56.1 Å². The van der Waals surface area contributed by atoms with Crippen molar-refractivity contribution in [1.82, 2.24) is 10.2 Å². The third kappa shape index (κ3) is 4.68. The van der Waals surface area contributed by atoms with E-state index in [1.54, 1.807) is 6.07 Å². The molecule has 26 heavy (non-hydrogen) atoms. The van der Waals surface area contributed by atoms with Gasteiger partial charge in [-0.2, -0.15) is 5.26 Å². The molecule has 2 aromatic carbocycles. The Bertz CT molecular complexity index is 793. The highest BCUT2D eigenvalue weighted by Crippen LogP contribution is 2.21. The lowest BCUT2D eigenvalue weighted by Crippen LogP contribution is -2.40. The van der Waals surface area contributed by atoms with Gasteiger partial charge in [0.05, 0.1) is 11.6 Å².